The molecule has 1 amide bonds. The summed E-state index contributed by atoms with van der Waals surface area (Å²) >= 11 is 1.36. The Morgan fingerprint density at radius 2 is 2.33 bits per heavy atom. The summed E-state index contributed by atoms with van der Waals surface area (Å²) in [4.78, 5) is 15.5. The predicted molar refractivity (Wildman–Crippen MR) is 64.5 cm³/mol. The Kier molecular flexibility index (Phi) is 3.90. The number of aromatic nitrogens is 3. The van der Waals surface area contributed by atoms with E-state index in [0.717, 1.165) is 5.69 Å². The number of nitrogen functional groups attached to an aromatic ring is 1. The van der Waals surface area contributed by atoms with E-state index >= 15 is 0 Å². The summed E-state index contributed by atoms with van der Waals surface area (Å²) in [5, 5.41) is 8.05. The quantitative estimate of drug-likeness (QED) is 0.362. The molecule has 0 aliphatic heterocycles. The highest BCUT2D eigenvalue weighted by Gasteiger charge is 2.08. The lowest BCUT2D eigenvalue weighted by atomic mass is 10.3. The van der Waals surface area contributed by atoms with Crippen LogP contribution in [0.25, 0.3) is 0 Å². The van der Waals surface area contributed by atoms with Crippen molar-refractivity contribution in [3.05, 3.63) is 35.5 Å². The summed E-state index contributed by atoms with van der Waals surface area (Å²) in [7, 11) is 0. The van der Waals surface area contributed by atoms with Crippen LogP contribution in [-0.2, 0) is 5.75 Å². The maximum atomic E-state index is 11.3. The molecule has 0 aromatic carbocycles. The molecule has 0 unspecified atom stereocenters. The van der Waals surface area contributed by atoms with Gasteiger partial charge in [-0.2, -0.15) is 0 Å². The Morgan fingerprint density at radius 1 is 1.50 bits per heavy atom. The molecule has 0 aliphatic carbocycles. The van der Waals surface area contributed by atoms with Crippen LogP contribution in [0.4, 0.5) is 0 Å². The van der Waals surface area contributed by atoms with E-state index in [-0.39, 0.29) is 5.69 Å². The van der Waals surface area contributed by atoms with Crippen LogP contribution < -0.4 is 11.3 Å². The van der Waals surface area contributed by atoms with Gasteiger partial charge < -0.3 is 4.42 Å². The normalized spacial score (nSPS) is 10.3. The zero-order valence-electron chi connectivity index (χ0n) is 9.58. The SMILES string of the molecule is Cc1nnc(SCc2cccc(C(=O)NN)n2)o1. The third-order valence-electron chi connectivity index (χ3n) is 2.02. The van der Waals surface area contributed by atoms with E-state index in [2.05, 4.69) is 15.2 Å². The molecule has 2 aromatic heterocycles. The molecule has 18 heavy (non-hydrogen) atoms. The molecule has 0 radical (unpaired) electrons. The molecule has 0 fully saturated rings. The molecule has 3 N–H and O–H groups in total. The number of hydrogen-bond acceptors (Lipinski definition) is 7. The molecule has 0 saturated carbocycles. The third-order valence-corrected chi connectivity index (χ3v) is 2.87. The molecule has 7 nitrogen and oxygen atoms in total. The van der Waals surface area contributed by atoms with Crippen molar-refractivity contribution in [3.63, 3.8) is 0 Å². The highest BCUT2D eigenvalue weighted by atomic mass is 32.2. The average Bonchev–Trinajstić information content (AvgIpc) is 2.81. The zero-order chi connectivity index (χ0) is 13.0. The van der Waals surface area contributed by atoms with E-state index < -0.39 is 5.91 Å². The van der Waals surface area contributed by atoms with Crippen molar-refractivity contribution in [2.75, 3.05) is 0 Å². The van der Waals surface area contributed by atoms with Gasteiger partial charge in [0.25, 0.3) is 11.1 Å². The number of nitrogens with two attached hydrogens (primary N) is 1. The maximum absolute atomic E-state index is 11.3. The van der Waals surface area contributed by atoms with Gasteiger partial charge in [-0.1, -0.05) is 17.8 Å². The largest absolute Gasteiger partial charge is 0.416 e. The second kappa shape index (κ2) is 5.61. The second-order valence-corrected chi connectivity index (χ2v) is 4.29. The summed E-state index contributed by atoms with van der Waals surface area (Å²) in [5.74, 6) is 5.67. The molecule has 0 bridgehead atoms. The van der Waals surface area contributed by atoms with Crippen LogP contribution in [0.3, 0.4) is 0 Å². The first-order valence-corrected chi connectivity index (χ1v) is 6.07. The summed E-state index contributed by atoms with van der Waals surface area (Å²) in [5.41, 5.74) is 3.05. The molecule has 2 aromatic rings. The van der Waals surface area contributed by atoms with E-state index in [1.54, 1.807) is 19.1 Å². The summed E-state index contributed by atoms with van der Waals surface area (Å²) in [6.07, 6.45) is 0. The minimum absolute atomic E-state index is 0.275. The number of thioether (sulfide) groups is 1. The number of nitrogens with one attached hydrogen (secondary N) is 1. The van der Waals surface area contributed by atoms with Crippen molar-refractivity contribution in [1.82, 2.24) is 20.6 Å². The number of nitrogens with zero attached hydrogens (tertiary/aromatic N) is 3. The van der Waals surface area contributed by atoms with Crippen LogP contribution in [0, 0.1) is 6.92 Å². The number of rotatable bonds is 4. The van der Waals surface area contributed by atoms with Gasteiger partial charge >= 0.3 is 0 Å². The number of carbonyl (C=O) groups excluding carboxylic acids is 1. The van der Waals surface area contributed by atoms with Gasteiger partial charge in [-0.15, -0.1) is 10.2 Å². The van der Waals surface area contributed by atoms with Crippen LogP contribution in [0.1, 0.15) is 22.1 Å². The van der Waals surface area contributed by atoms with E-state index in [9.17, 15) is 4.79 Å². The van der Waals surface area contributed by atoms with Gasteiger partial charge in [0.1, 0.15) is 5.69 Å². The molecule has 94 valence electrons. The Morgan fingerprint density at radius 3 is 3.00 bits per heavy atom. The number of hydrazine groups is 1. The number of hydrogen-bond donors (Lipinski definition) is 2. The maximum Gasteiger partial charge on any atom is 0.283 e. The van der Waals surface area contributed by atoms with E-state index in [1.165, 1.54) is 11.8 Å². The number of amides is 1. The predicted octanol–water partition coefficient (Wildman–Crippen LogP) is 0.669. The minimum atomic E-state index is -0.421. The van der Waals surface area contributed by atoms with Gasteiger partial charge in [-0.05, 0) is 12.1 Å². The monoisotopic (exact) mass is 265 g/mol. The number of aryl methyl sites for hydroxylation is 1. The van der Waals surface area contributed by atoms with Gasteiger partial charge in [0, 0.05) is 12.7 Å². The fourth-order valence-corrected chi connectivity index (χ4v) is 1.94. The zero-order valence-corrected chi connectivity index (χ0v) is 10.4. The van der Waals surface area contributed by atoms with Crippen LogP contribution in [0.15, 0.2) is 27.8 Å². The molecule has 2 heterocycles. The summed E-state index contributed by atoms with van der Waals surface area (Å²) < 4.78 is 5.22. The van der Waals surface area contributed by atoms with Crippen LogP contribution in [0.5, 0.6) is 0 Å². The lowest BCUT2D eigenvalue weighted by molar-refractivity contribution is 0.0948. The fraction of sp³-hybridized carbons (Fsp3) is 0.200. The standard InChI is InChI=1S/C10H11N5O2S/c1-6-14-15-10(17-6)18-5-7-3-2-4-8(12-7)9(16)13-11/h2-4H,5,11H2,1H3,(H,13,16). The Bertz CT molecular complexity index is 557. The summed E-state index contributed by atoms with van der Waals surface area (Å²) in [6.45, 7) is 1.72. The average molecular weight is 265 g/mol. The third kappa shape index (κ3) is 3.05. The summed E-state index contributed by atoms with van der Waals surface area (Å²) in [6, 6.07) is 5.14. The second-order valence-electron chi connectivity index (χ2n) is 3.36. The molecule has 0 atom stereocenters. The molecule has 0 saturated heterocycles. The van der Waals surface area contributed by atoms with Gasteiger partial charge in [-0.25, -0.2) is 10.8 Å². The lowest BCUT2D eigenvalue weighted by Crippen LogP contribution is -2.30. The first-order valence-electron chi connectivity index (χ1n) is 5.09. The fourth-order valence-electron chi connectivity index (χ4n) is 1.23. The van der Waals surface area contributed by atoms with E-state index in [4.69, 9.17) is 10.3 Å². The van der Waals surface area contributed by atoms with Crippen molar-refractivity contribution in [1.29, 1.82) is 0 Å². The first kappa shape index (κ1) is 12.5. The lowest BCUT2D eigenvalue weighted by Gasteiger charge is -2.01. The number of pyridine rings is 1. The van der Waals surface area contributed by atoms with E-state index in [0.29, 0.717) is 16.9 Å². The topological polar surface area (TPSA) is 107 Å². The minimum Gasteiger partial charge on any atom is -0.416 e. The Hall–Kier alpha value is -1.93. The number of carbonyl (C=O) groups is 1. The van der Waals surface area contributed by atoms with Gasteiger partial charge in [-0.3, -0.25) is 10.2 Å². The highest BCUT2D eigenvalue weighted by molar-refractivity contribution is 7.98. The van der Waals surface area contributed by atoms with Crippen molar-refractivity contribution in [3.8, 4) is 0 Å². The van der Waals surface area contributed by atoms with Crippen LogP contribution in [0.2, 0.25) is 0 Å². The highest BCUT2D eigenvalue weighted by Crippen LogP contribution is 2.20. The van der Waals surface area contributed by atoms with Crippen molar-refractivity contribution < 1.29 is 9.21 Å². The molecular weight excluding hydrogens is 254 g/mol. The Labute approximate surface area is 107 Å². The molecular formula is C10H11N5O2S. The van der Waals surface area contributed by atoms with Crippen molar-refractivity contribution in [2.45, 2.75) is 17.9 Å². The van der Waals surface area contributed by atoms with Gasteiger partial charge in [0.05, 0.1) is 5.69 Å². The van der Waals surface area contributed by atoms with Gasteiger partial charge in [0.15, 0.2) is 0 Å². The van der Waals surface area contributed by atoms with Gasteiger partial charge in [0.2, 0.25) is 5.89 Å². The smallest absolute Gasteiger partial charge is 0.283 e. The molecule has 0 aliphatic rings. The molecule has 0 spiro atoms. The van der Waals surface area contributed by atoms with Crippen LogP contribution >= 0.6 is 11.8 Å². The van der Waals surface area contributed by atoms with E-state index in [1.807, 2.05) is 11.5 Å². The molecule has 8 heteroatoms. The van der Waals surface area contributed by atoms with Crippen molar-refractivity contribution >= 4 is 17.7 Å². The van der Waals surface area contributed by atoms with Crippen molar-refractivity contribution in [2.24, 2.45) is 5.84 Å². The van der Waals surface area contributed by atoms with Crippen LogP contribution in [-0.4, -0.2) is 21.1 Å². The molecule has 2 rings (SSSR count). The first-order chi connectivity index (χ1) is 8.69. The Balaban J connectivity index is 2.03.